The van der Waals surface area contributed by atoms with Crippen LogP contribution in [0.5, 0.6) is 0 Å². The summed E-state index contributed by atoms with van der Waals surface area (Å²) in [4.78, 5) is 12.4. The molecule has 0 aromatic heterocycles. The molecule has 0 bridgehead atoms. The average molecular weight is 261 g/mol. The van der Waals surface area contributed by atoms with E-state index in [1.807, 2.05) is 19.1 Å². The number of benzene rings is 1. The molecule has 0 heterocycles. The van der Waals surface area contributed by atoms with Gasteiger partial charge in [-0.15, -0.1) is 0 Å². The molecule has 0 fully saturated rings. The molecule has 1 aromatic carbocycles. The number of hydrogen-bond donors (Lipinski definition) is 1. The Morgan fingerprint density at radius 3 is 2.47 bits per heavy atom. The van der Waals surface area contributed by atoms with Gasteiger partial charge in [-0.2, -0.15) is 0 Å². The normalized spacial score (nSPS) is 24.6. The molecule has 1 atom stereocenters. The molecule has 0 radical (unpaired) electrons. The Bertz CT molecular complexity index is 481. The van der Waals surface area contributed by atoms with Crippen LogP contribution in [0.2, 0.25) is 0 Å². The molecule has 1 aromatic rings. The molecular formula is C16H23NO2. The van der Waals surface area contributed by atoms with Crippen LogP contribution < -0.4 is 5.32 Å². The van der Waals surface area contributed by atoms with Crippen LogP contribution in [0.1, 0.15) is 44.7 Å². The number of rotatable bonds is 3. The minimum absolute atomic E-state index is 0.101. The van der Waals surface area contributed by atoms with Gasteiger partial charge in [-0.25, -0.2) is 4.79 Å². The van der Waals surface area contributed by atoms with Gasteiger partial charge < -0.3 is 4.74 Å². The Kier molecular flexibility index (Phi) is 3.68. The standard InChI is InChI=1S/C16H23NO2/c1-5-17-16(14(18)19-4)11-10-15(2,3)12-8-6-7-9-13(12)16/h6-9,17H,5,10-11H2,1-4H3. The van der Waals surface area contributed by atoms with Crippen LogP contribution >= 0.6 is 0 Å². The van der Waals surface area contributed by atoms with Gasteiger partial charge >= 0.3 is 5.97 Å². The summed E-state index contributed by atoms with van der Waals surface area (Å²) in [5.74, 6) is -0.183. The number of carbonyl (C=O) groups is 1. The molecule has 1 aliphatic carbocycles. The van der Waals surface area contributed by atoms with E-state index in [1.54, 1.807) is 0 Å². The average Bonchev–Trinajstić information content (AvgIpc) is 2.42. The highest BCUT2D eigenvalue weighted by Crippen LogP contribution is 2.45. The number of ether oxygens (including phenoxy) is 1. The van der Waals surface area contributed by atoms with E-state index in [0.717, 1.165) is 24.9 Å². The summed E-state index contributed by atoms with van der Waals surface area (Å²) in [6, 6.07) is 8.22. The lowest BCUT2D eigenvalue weighted by Crippen LogP contribution is -2.54. The molecule has 0 amide bonds. The van der Waals surface area contributed by atoms with Gasteiger partial charge in [0.25, 0.3) is 0 Å². The van der Waals surface area contributed by atoms with Crippen LogP contribution in [0.4, 0.5) is 0 Å². The summed E-state index contributed by atoms with van der Waals surface area (Å²) >= 11 is 0. The van der Waals surface area contributed by atoms with Gasteiger partial charge in [0.2, 0.25) is 0 Å². The Morgan fingerprint density at radius 2 is 1.89 bits per heavy atom. The Labute approximate surface area is 115 Å². The van der Waals surface area contributed by atoms with E-state index in [9.17, 15) is 4.79 Å². The summed E-state index contributed by atoms with van der Waals surface area (Å²) in [7, 11) is 1.46. The lowest BCUT2D eigenvalue weighted by molar-refractivity contribution is -0.150. The van der Waals surface area contributed by atoms with E-state index in [-0.39, 0.29) is 11.4 Å². The highest BCUT2D eigenvalue weighted by Gasteiger charge is 2.48. The minimum atomic E-state index is -0.685. The van der Waals surface area contributed by atoms with Crippen molar-refractivity contribution >= 4 is 5.97 Å². The van der Waals surface area contributed by atoms with Crippen LogP contribution in [-0.2, 0) is 20.5 Å². The molecular weight excluding hydrogens is 238 g/mol. The molecule has 0 saturated heterocycles. The molecule has 104 valence electrons. The van der Waals surface area contributed by atoms with E-state index in [4.69, 9.17) is 4.74 Å². The van der Waals surface area contributed by atoms with E-state index in [1.165, 1.54) is 12.7 Å². The van der Waals surface area contributed by atoms with Crippen LogP contribution in [0, 0.1) is 0 Å². The molecule has 1 aliphatic rings. The first-order valence-electron chi connectivity index (χ1n) is 6.91. The SMILES string of the molecule is CCNC1(C(=O)OC)CCC(C)(C)c2ccccc21. The number of nitrogens with one attached hydrogen (secondary N) is 1. The topological polar surface area (TPSA) is 38.3 Å². The summed E-state index contributed by atoms with van der Waals surface area (Å²) in [6.07, 6.45) is 1.74. The summed E-state index contributed by atoms with van der Waals surface area (Å²) in [5.41, 5.74) is 1.73. The van der Waals surface area contributed by atoms with Crippen molar-refractivity contribution in [3.8, 4) is 0 Å². The first-order chi connectivity index (χ1) is 8.98. The van der Waals surface area contributed by atoms with Crippen molar-refractivity contribution in [2.45, 2.75) is 44.6 Å². The van der Waals surface area contributed by atoms with Crippen LogP contribution in [0.15, 0.2) is 24.3 Å². The highest BCUT2D eigenvalue weighted by atomic mass is 16.5. The first-order valence-corrected chi connectivity index (χ1v) is 6.91. The van der Waals surface area contributed by atoms with Crippen molar-refractivity contribution in [2.24, 2.45) is 0 Å². The van der Waals surface area contributed by atoms with Gasteiger partial charge in [0.15, 0.2) is 0 Å². The van der Waals surface area contributed by atoms with Crippen molar-refractivity contribution in [1.82, 2.24) is 5.32 Å². The van der Waals surface area contributed by atoms with Crippen molar-refractivity contribution in [3.63, 3.8) is 0 Å². The molecule has 19 heavy (non-hydrogen) atoms. The van der Waals surface area contributed by atoms with Gasteiger partial charge in [0.1, 0.15) is 5.54 Å². The van der Waals surface area contributed by atoms with E-state index in [0.29, 0.717) is 0 Å². The fourth-order valence-electron chi connectivity index (χ4n) is 3.16. The summed E-state index contributed by atoms with van der Waals surface area (Å²) in [6.45, 7) is 7.23. The first kappa shape index (κ1) is 14.1. The van der Waals surface area contributed by atoms with E-state index < -0.39 is 5.54 Å². The van der Waals surface area contributed by atoms with Gasteiger partial charge in [-0.1, -0.05) is 45.0 Å². The quantitative estimate of drug-likeness (QED) is 0.850. The molecule has 0 aliphatic heterocycles. The predicted molar refractivity (Wildman–Crippen MR) is 76.1 cm³/mol. The van der Waals surface area contributed by atoms with Crippen molar-refractivity contribution in [3.05, 3.63) is 35.4 Å². The van der Waals surface area contributed by atoms with Gasteiger partial charge in [0.05, 0.1) is 7.11 Å². The predicted octanol–water partition coefficient (Wildman–Crippen LogP) is 2.74. The third kappa shape index (κ3) is 2.16. The van der Waals surface area contributed by atoms with Crippen LogP contribution in [0.25, 0.3) is 0 Å². The van der Waals surface area contributed by atoms with Gasteiger partial charge in [-0.05, 0) is 35.9 Å². The maximum atomic E-state index is 12.4. The van der Waals surface area contributed by atoms with Crippen LogP contribution in [0.3, 0.4) is 0 Å². The monoisotopic (exact) mass is 261 g/mol. The van der Waals surface area contributed by atoms with Crippen molar-refractivity contribution < 1.29 is 9.53 Å². The largest absolute Gasteiger partial charge is 0.467 e. The van der Waals surface area contributed by atoms with Gasteiger partial charge in [-0.3, -0.25) is 5.32 Å². The second-order valence-electron chi connectivity index (χ2n) is 5.86. The third-order valence-corrected chi connectivity index (χ3v) is 4.25. The van der Waals surface area contributed by atoms with Crippen molar-refractivity contribution in [2.75, 3.05) is 13.7 Å². The fraction of sp³-hybridized carbons (Fsp3) is 0.562. The number of methoxy groups -OCH3 is 1. The molecule has 0 spiro atoms. The number of fused-ring (bicyclic) bond motifs is 1. The zero-order chi connectivity index (χ0) is 14.1. The zero-order valence-corrected chi connectivity index (χ0v) is 12.2. The molecule has 2 rings (SSSR count). The Hall–Kier alpha value is -1.35. The number of esters is 1. The fourth-order valence-corrected chi connectivity index (χ4v) is 3.16. The summed E-state index contributed by atoms with van der Waals surface area (Å²) < 4.78 is 5.07. The molecule has 3 heteroatoms. The second kappa shape index (κ2) is 4.97. The summed E-state index contributed by atoms with van der Waals surface area (Å²) in [5, 5.41) is 3.37. The third-order valence-electron chi connectivity index (χ3n) is 4.25. The smallest absolute Gasteiger partial charge is 0.330 e. The highest BCUT2D eigenvalue weighted by molar-refractivity contribution is 5.84. The maximum absolute atomic E-state index is 12.4. The van der Waals surface area contributed by atoms with Crippen LogP contribution in [-0.4, -0.2) is 19.6 Å². The second-order valence-corrected chi connectivity index (χ2v) is 5.86. The number of hydrogen-bond acceptors (Lipinski definition) is 3. The van der Waals surface area contributed by atoms with E-state index in [2.05, 4.69) is 31.3 Å². The molecule has 3 nitrogen and oxygen atoms in total. The zero-order valence-electron chi connectivity index (χ0n) is 12.2. The maximum Gasteiger partial charge on any atom is 0.330 e. The molecule has 1 unspecified atom stereocenters. The Morgan fingerprint density at radius 1 is 1.26 bits per heavy atom. The van der Waals surface area contributed by atoms with Gasteiger partial charge in [0, 0.05) is 0 Å². The molecule has 1 N–H and O–H groups in total. The molecule has 0 saturated carbocycles. The Balaban J connectivity index is 2.61. The lowest BCUT2D eigenvalue weighted by Gasteiger charge is -2.43. The van der Waals surface area contributed by atoms with Crippen molar-refractivity contribution in [1.29, 1.82) is 0 Å². The number of carbonyl (C=O) groups excluding carboxylic acids is 1. The van der Waals surface area contributed by atoms with E-state index >= 15 is 0 Å². The number of likely N-dealkylation sites (N-methyl/N-ethyl adjacent to an activating group) is 1. The minimum Gasteiger partial charge on any atom is -0.467 e. The lowest BCUT2D eigenvalue weighted by atomic mass is 9.65.